The number of thiazole rings is 1. The smallest absolute Gasteiger partial charge is 0.323 e. The molecule has 0 unspecified atom stereocenters. The van der Waals surface area contributed by atoms with Crippen LogP contribution < -0.4 is 0 Å². The zero-order valence-corrected chi connectivity index (χ0v) is 15.2. The third-order valence-electron chi connectivity index (χ3n) is 3.74. The first-order chi connectivity index (χ1) is 12.4. The molecule has 1 amide bonds. The fourth-order valence-corrected chi connectivity index (χ4v) is 3.45. The van der Waals surface area contributed by atoms with Crippen LogP contribution in [-0.2, 0) is 18.4 Å². The maximum atomic E-state index is 12.8. The van der Waals surface area contributed by atoms with E-state index in [1.165, 1.54) is 22.4 Å². The number of carbonyl (C=O) groups excluding carboxylic acids is 1. The molecular weight excluding hydrogens is 352 g/mol. The lowest BCUT2D eigenvalue weighted by molar-refractivity contribution is -0.137. The highest BCUT2D eigenvalue weighted by Crippen LogP contribution is 2.25. The average molecular weight is 370 g/mol. The van der Waals surface area contributed by atoms with Crippen molar-refractivity contribution >= 4 is 23.2 Å². The Hall–Kier alpha value is -3.00. The van der Waals surface area contributed by atoms with Crippen LogP contribution in [0.25, 0.3) is 10.6 Å². The van der Waals surface area contributed by atoms with Crippen LogP contribution >= 0.6 is 11.3 Å². The summed E-state index contributed by atoms with van der Waals surface area (Å²) in [6.45, 7) is 1.82. The molecule has 0 saturated carbocycles. The number of benzene rings is 1. The molecule has 0 fully saturated rings. The van der Waals surface area contributed by atoms with Gasteiger partial charge in [0.05, 0.1) is 12.4 Å². The Balaban J connectivity index is 1.83. The number of carbonyl (C=O) groups is 2. The highest BCUT2D eigenvalue weighted by Gasteiger charge is 2.22. The molecule has 1 N–H and O–H groups in total. The highest BCUT2D eigenvalue weighted by atomic mass is 32.1. The molecule has 0 bridgehead atoms. The number of nitrogens with zero attached hydrogens (tertiary/aromatic N) is 4. The van der Waals surface area contributed by atoms with Gasteiger partial charge in [-0.3, -0.25) is 14.3 Å². The molecule has 7 nitrogen and oxygen atoms in total. The number of carboxylic acid groups (broad SMARTS) is 1. The number of carboxylic acids is 1. The number of hydrogen-bond acceptors (Lipinski definition) is 5. The molecule has 0 aliphatic heterocycles. The van der Waals surface area contributed by atoms with E-state index in [0.717, 1.165) is 16.7 Å². The van der Waals surface area contributed by atoms with Crippen molar-refractivity contribution < 1.29 is 14.7 Å². The average Bonchev–Trinajstić information content (AvgIpc) is 3.22. The SMILES string of the molecule is Cc1cccc(CN(CC(=O)O)C(=O)c2cnc(-c3cnn(C)c3)s2)c1. The van der Waals surface area contributed by atoms with E-state index < -0.39 is 5.97 Å². The fourth-order valence-electron chi connectivity index (χ4n) is 2.59. The third-order valence-corrected chi connectivity index (χ3v) is 4.77. The quantitative estimate of drug-likeness (QED) is 0.720. The zero-order valence-electron chi connectivity index (χ0n) is 14.4. The maximum absolute atomic E-state index is 12.8. The van der Waals surface area contributed by atoms with Crippen LogP contribution in [0, 0.1) is 6.92 Å². The number of hydrogen-bond donors (Lipinski definition) is 1. The second-order valence-electron chi connectivity index (χ2n) is 5.98. The minimum Gasteiger partial charge on any atom is -0.480 e. The van der Waals surface area contributed by atoms with Gasteiger partial charge in [0, 0.05) is 25.4 Å². The van der Waals surface area contributed by atoms with E-state index in [0.29, 0.717) is 9.88 Å². The summed E-state index contributed by atoms with van der Waals surface area (Å²) in [5, 5.41) is 14.0. The fraction of sp³-hybridized carbons (Fsp3) is 0.222. The number of aromatic nitrogens is 3. The first-order valence-corrected chi connectivity index (χ1v) is 8.75. The van der Waals surface area contributed by atoms with E-state index in [9.17, 15) is 14.7 Å². The van der Waals surface area contributed by atoms with Crippen LogP contribution in [0.15, 0.2) is 42.9 Å². The minimum atomic E-state index is -1.05. The van der Waals surface area contributed by atoms with Crippen molar-refractivity contribution in [3.05, 3.63) is 58.9 Å². The van der Waals surface area contributed by atoms with Crippen LogP contribution in [0.2, 0.25) is 0 Å². The summed E-state index contributed by atoms with van der Waals surface area (Å²) in [6, 6.07) is 7.66. The van der Waals surface area contributed by atoms with Crippen LogP contribution in [0.5, 0.6) is 0 Å². The lowest BCUT2D eigenvalue weighted by Gasteiger charge is -2.20. The maximum Gasteiger partial charge on any atom is 0.323 e. The Kier molecular flexibility index (Phi) is 5.13. The van der Waals surface area contributed by atoms with Gasteiger partial charge in [0.15, 0.2) is 0 Å². The molecular formula is C18H18N4O3S. The van der Waals surface area contributed by atoms with Crippen LogP contribution in [0.1, 0.15) is 20.8 Å². The second kappa shape index (κ2) is 7.49. The summed E-state index contributed by atoms with van der Waals surface area (Å²) in [5.74, 6) is -1.40. The zero-order chi connectivity index (χ0) is 18.7. The van der Waals surface area contributed by atoms with E-state index >= 15 is 0 Å². The van der Waals surface area contributed by atoms with Gasteiger partial charge in [-0.15, -0.1) is 11.3 Å². The monoisotopic (exact) mass is 370 g/mol. The largest absolute Gasteiger partial charge is 0.480 e. The van der Waals surface area contributed by atoms with E-state index in [1.807, 2.05) is 37.4 Å². The summed E-state index contributed by atoms with van der Waals surface area (Å²) < 4.78 is 1.66. The number of rotatable bonds is 6. The van der Waals surface area contributed by atoms with E-state index in [4.69, 9.17) is 0 Å². The predicted molar refractivity (Wildman–Crippen MR) is 97.9 cm³/mol. The van der Waals surface area contributed by atoms with Crippen LogP contribution in [0.3, 0.4) is 0 Å². The predicted octanol–water partition coefficient (Wildman–Crippen LogP) is 2.58. The van der Waals surface area contributed by atoms with Crippen molar-refractivity contribution in [3.63, 3.8) is 0 Å². The third kappa shape index (κ3) is 4.15. The molecule has 8 heteroatoms. The lowest BCUT2D eigenvalue weighted by Crippen LogP contribution is -2.34. The summed E-state index contributed by atoms with van der Waals surface area (Å²) in [6.07, 6.45) is 4.98. The van der Waals surface area contributed by atoms with E-state index in [1.54, 1.807) is 17.9 Å². The van der Waals surface area contributed by atoms with Gasteiger partial charge in [-0.25, -0.2) is 4.98 Å². The second-order valence-corrected chi connectivity index (χ2v) is 7.01. The molecule has 0 radical (unpaired) electrons. The Morgan fingerprint density at radius 3 is 2.77 bits per heavy atom. The van der Waals surface area contributed by atoms with Gasteiger partial charge in [0.25, 0.3) is 5.91 Å². The van der Waals surface area contributed by atoms with Crippen LogP contribution in [-0.4, -0.2) is 43.2 Å². The molecule has 3 rings (SSSR count). The summed E-state index contributed by atoms with van der Waals surface area (Å²) in [4.78, 5) is 30.0. The minimum absolute atomic E-state index is 0.229. The number of aryl methyl sites for hydroxylation is 2. The molecule has 2 heterocycles. The Bertz CT molecular complexity index is 947. The highest BCUT2D eigenvalue weighted by molar-refractivity contribution is 7.16. The lowest BCUT2D eigenvalue weighted by atomic mass is 10.1. The molecule has 0 atom stereocenters. The van der Waals surface area contributed by atoms with Crippen molar-refractivity contribution in [1.82, 2.24) is 19.7 Å². The molecule has 0 saturated heterocycles. The summed E-state index contributed by atoms with van der Waals surface area (Å²) >= 11 is 1.23. The Morgan fingerprint density at radius 2 is 2.12 bits per heavy atom. The van der Waals surface area contributed by atoms with Gasteiger partial charge >= 0.3 is 5.97 Å². The molecule has 1 aromatic carbocycles. The molecule has 26 heavy (non-hydrogen) atoms. The van der Waals surface area contributed by atoms with Gasteiger partial charge in [0.1, 0.15) is 16.4 Å². The van der Waals surface area contributed by atoms with Gasteiger partial charge < -0.3 is 10.0 Å². The van der Waals surface area contributed by atoms with Crippen LogP contribution in [0.4, 0.5) is 0 Å². The summed E-state index contributed by atoms with van der Waals surface area (Å²) in [5.41, 5.74) is 2.76. The standard InChI is InChI=1S/C18H18N4O3S/c1-12-4-3-5-13(6-12)9-22(11-16(23)24)18(25)15-8-19-17(26-15)14-7-20-21(2)10-14/h3-8,10H,9,11H2,1-2H3,(H,23,24). The van der Waals surface area contributed by atoms with Gasteiger partial charge in [-0.05, 0) is 12.5 Å². The molecule has 0 aliphatic carbocycles. The number of amides is 1. The topological polar surface area (TPSA) is 88.3 Å². The molecule has 2 aromatic heterocycles. The Labute approximate surface area is 154 Å². The van der Waals surface area contributed by atoms with Crippen molar-refractivity contribution in [2.45, 2.75) is 13.5 Å². The molecule has 0 spiro atoms. The van der Waals surface area contributed by atoms with Gasteiger partial charge in [-0.2, -0.15) is 5.10 Å². The normalized spacial score (nSPS) is 10.7. The van der Waals surface area contributed by atoms with Crippen molar-refractivity contribution in [3.8, 4) is 10.6 Å². The first-order valence-electron chi connectivity index (χ1n) is 7.94. The van der Waals surface area contributed by atoms with Gasteiger partial charge in [0.2, 0.25) is 0 Å². The van der Waals surface area contributed by atoms with Crippen molar-refractivity contribution in [2.24, 2.45) is 7.05 Å². The van der Waals surface area contributed by atoms with Crippen molar-refractivity contribution in [2.75, 3.05) is 6.54 Å². The van der Waals surface area contributed by atoms with Crippen molar-refractivity contribution in [1.29, 1.82) is 0 Å². The van der Waals surface area contributed by atoms with E-state index in [-0.39, 0.29) is 19.0 Å². The molecule has 0 aliphatic rings. The summed E-state index contributed by atoms with van der Waals surface area (Å²) in [7, 11) is 1.81. The van der Waals surface area contributed by atoms with E-state index in [2.05, 4.69) is 10.1 Å². The Morgan fingerprint density at radius 1 is 1.31 bits per heavy atom. The number of aliphatic carboxylic acids is 1. The van der Waals surface area contributed by atoms with Gasteiger partial charge in [-0.1, -0.05) is 29.8 Å². The first kappa shape index (κ1) is 17.8. The molecule has 3 aromatic rings. The molecule has 134 valence electrons.